The van der Waals surface area contributed by atoms with E-state index in [1.807, 2.05) is 0 Å². The van der Waals surface area contributed by atoms with Crippen LogP contribution in [0.5, 0.6) is 0 Å². The monoisotopic (exact) mass is 197 g/mol. The maximum atomic E-state index is 5.58. The molecule has 0 heterocycles. The molecule has 1 atom stereocenters. The van der Waals surface area contributed by atoms with Crippen LogP contribution in [-0.4, -0.2) is 25.8 Å². The van der Waals surface area contributed by atoms with Gasteiger partial charge in [-0.2, -0.15) is 0 Å². The van der Waals surface area contributed by atoms with E-state index in [0.717, 1.165) is 25.7 Å². The fourth-order valence-electron chi connectivity index (χ4n) is 1.76. The quantitative estimate of drug-likeness (QED) is 0.632. The zero-order chi connectivity index (χ0) is 10.0. The van der Waals surface area contributed by atoms with Crippen molar-refractivity contribution >= 4 is 0 Å². The number of ether oxygens (including phenoxy) is 1. The lowest BCUT2D eigenvalue weighted by molar-refractivity contribution is 0.122. The highest BCUT2D eigenvalue weighted by atomic mass is 16.5. The molecule has 14 heavy (non-hydrogen) atoms. The highest BCUT2D eigenvalue weighted by Gasteiger charge is 2.41. The highest BCUT2D eigenvalue weighted by Crippen LogP contribution is 2.47. The summed E-state index contributed by atoms with van der Waals surface area (Å²) in [4.78, 5) is 0. The second kappa shape index (κ2) is 4.19. The van der Waals surface area contributed by atoms with Crippen LogP contribution in [0.1, 0.15) is 39.5 Å². The maximum absolute atomic E-state index is 5.58. The molecule has 0 saturated heterocycles. The Labute approximate surface area is 87.4 Å². The zero-order valence-corrected chi connectivity index (χ0v) is 9.51. The minimum Gasteiger partial charge on any atom is -0.380 e. The summed E-state index contributed by atoms with van der Waals surface area (Å²) in [5.74, 6) is 0.897. The van der Waals surface area contributed by atoms with Crippen molar-refractivity contribution < 1.29 is 4.74 Å². The predicted molar refractivity (Wildman–Crippen MR) is 58.3 cm³/mol. The Morgan fingerprint density at radius 2 is 2.14 bits per heavy atom. The molecule has 0 radical (unpaired) electrons. The first-order valence-corrected chi connectivity index (χ1v) is 6.02. The number of hydrogen-bond donors (Lipinski definition) is 1. The summed E-state index contributed by atoms with van der Waals surface area (Å²) in [5, 5.41) is 3.55. The predicted octanol–water partition coefficient (Wildman–Crippen LogP) is 2.19. The van der Waals surface area contributed by atoms with Crippen molar-refractivity contribution in [2.45, 2.75) is 45.6 Å². The first-order chi connectivity index (χ1) is 6.71. The summed E-state index contributed by atoms with van der Waals surface area (Å²) in [6.07, 6.45) is 5.57. The van der Waals surface area contributed by atoms with Gasteiger partial charge in [-0.3, -0.25) is 0 Å². The lowest BCUT2D eigenvalue weighted by Gasteiger charge is -2.20. The molecule has 0 aromatic heterocycles. The Balaban J connectivity index is 1.45. The normalized spacial score (nSPS) is 26.1. The van der Waals surface area contributed by atoms with Gasteiger partial charge in [-0.15, -0.1) is 0 Å². The molecule has 2 nitrogen and oxygen atoms in total. The molecule has 0 spiro atoms. The topological polar surface area (TPSA) is 21.3 Å². The van der Waals surface area contributed by atoms with E-state index in [2.05, 4.69) is 19.2 Å². The van der Waals surface area contributed by atoms with Crippen LogP contribution in [-0.2, 0) is 4.74 Å². The van der Waals surface area contributed by atoms with Gasteiger partial charge < -0.3 is 10.1 Å². The van der Waals surface area contributed by atoms with E-state index in [1.54, 1.807) is 0 Å². The van der Waals surface area contributed by atoms with Crippen LogP contribution in [0, 0.1) is 11.3 Å². The Morgan fingerprint density at radius 3 is 2.71 bits per heavy atom. The van der Waals surface area contributed by atoms with E-state index in [1.165, 1.54) is 25.7 Å². The summed E-state index contributed by atoms with van der Waals surface area (Å²) in [6.45, 7) is 7.57. The second-order valence-corrected chi connectivity index (χ2v) is 5.35. The van der Waals surface area contributed by atoms with Crippen molar-refractivity contribution in [3.63, 3.8) is 0 Å². The van der Waals surface area contributed by atoms with Gasteiger partial charge in [-0.25, -0.2) is 0 Å². The Bertz CT molecular complexity index is 185. The van der Waals surface area contributed by atoms with Gasteiger partial charge in [0.25, 0.3) is 0 Å². The van der Waals surface area contributed by atoms with Gasteiger partial charge in [-0.05, 0) is 43.9 Å². The smallest absolute Gasteiger partial charge is 0.0591 e. The molecule has 1 unspecified atom stereocenters. The van der Waals surface area contributed by atoms with E-state index >= 15 is 0 Å². The molecule has 2 fully saturated rings. The molecule has 2 aliphatic rings. The third kappa shape index (κ3) is 2.96. The lowest BCUT2D eigenvalue weighted by atomic mass is 10.0. The molecule has 2 heteroatoms. The Hall–Kier alpha value is -0.0800. The van der Waals surface area contributed by atoms with Crippen LogP contribution >= 0.6 is 0 Å². The highest BCUT2D eigenvalue weighted by molar-refractivity contribution is 4.96. The average Bonchev–Trinajstić information content (AvgIpc) is 3.01. The maximum Gasteiger partial charge on any atom is 0.0591 e. The Morgan fingerprint density at radius 1 is 1.43 bits per heavy atom. The molecular weight excluding hydrogens is 174 g/mol. The minimum absolute atomic E-state index is 0.594. The first kappa shape index (κ1) is 10.4. The molecule has 82 valence electrons. The van der Waals surface area contributed by atoms with E-state index in [0.29, 0.717) is 11.5 Å². The summed E-state index contributed by atoms with van der Waals surface area (Å²) < 4.78 is 5.58. The SMILES string of the molecule is CC(NCCOCC1CC1)C1(C)CC1. The minimum atomic E-state index is 0.594. The molecule has 0 amide bonds. The van der Waals surface area contributed by atoms with Crippen LogP contribution < -0.4 is 5.32 Å². The molecular formula is C12H23NO. The second-order valence-electron chi connectivity index (χ2n) is 5.35. The van der Waals surface area contributed by atoms with Crippen molar-refractivity contribution in [1.82, 2.24) is 5.32 Å². The van der Waals surface area contributed by atoms with Gasteiger partial charge in [0.1, 0.15) is 0 Å². The van der Waals surface area contributed by atoms with Crippen LogP contribution in [0.3, 0.4) is 0 Å². The van der Waals surface area contributed by atoms with Gasteiger partial charge in [-0.1, -0.05) is 6.92 Å². The molecule has 1 N–H and O–H groups in total. The lowest BCUT2D eigenvalue weighted by Crippen LogP contribution is -2.35. The van der Waals surface area contributed by atoms with Crippen molar-refractivity contribution in [2.24, 2.45) is 11.3 Å². The fourth-order valence-corrected chi connectivity index (χ4v) is 1.76. The van der Waals surface area contributed by atoms with E-state index in [4.69, 9.17) is 4.74 Å². The van der Waals surface area contributed by atoms with Gasteiger partial charge in [0.05, 0.1) is 6.61 Å². The van der Waals surface area contributed by atoms with Gasteiger partial charge in [0.2, 0.25) is 0 Å². The summed E-state index contributed by atoms with van der Waals surface area (Å²) in [6, 6.07) is 0.659. The van der Waals surface area contributed by atoms with Crippen molar-refractivity contribution in [2.75, 3.05) is 19.8 Å². The largest absolute Gasteiger partial charge is 0.380 e. The molecule has 0 bridgehead atoms. The molecule has 2 rings (SSSR count). The van der Waals surface area contributed by atoms with Crippen LogP contribution in [0.4, 0.5) is 0 Å². The summed E-state index contributed by atoms with van der Waals surface area (Å²) in [7, 11) is 0. The molecule has 0 aromatic rings. The zero-order valence-electron chi connectivity index (χ0n) is 9.51. The third-order valence-corrected chi connectivity index (χ3v) is 3.83. The molecule has 2 saturated carbocycles. The fraction of sp³-hybridized carbons (Fsp3) is 1.00. The van der Waals surface area contributed by atoms with Crippen molar-refractivity contribution in [3.8, 4) is 0 Å². The van der Waals surface area contributed by atoms with E-state index in [-0.39, 0.29) is 0 Å². The number of hydrogen-bond acceptors (Lipinski definition) is 2. The van der Waals surface area contributed by atoms with Crippen LogP contribution in [0.2, 0.25) is 0 Å². The van der Waals surface area contributed by atoms with Crippen LogP contribution in [0.15, 0.2) is 0 Å². The third-order valence-electron chi connectivity index (χ3n) is 3.83. The molecule has 0 aromatic carbocycles. The molecule has 2 aliphatic carbocycles. The first-order valence-electron chi connectivity index (χ1n) is 6.02. The number of nitrogens with one attached hydrogen (secondary N) is 1. The molecule has 0 aliphatic heterocycles. The average molecular weight is 197 g/mol. The van der Waals surface area contributed by atoms with E-state index < -0.39 is 0 Å². The van der Waals surface area contributed by atoms with Crippen LogP contribution in [0.25, 0.3) is 0 Å². The summed E-state index contributed by atoms with van der Waals surface area (Å²) >= 11 is 0. The van der Waals surface area contributed by atoms with Gasteiger partial charge >= 0.3 is 0 Å². The Kier molecular flexibility index (Phi) is 3.13. The standard InChI is InChI=1S/C12H23NO/c1-10(12(2)5-6-12)13-7-8-14-9-11-3-4-11/h10-11,13H,3-9H2,1-2H3. The van der Waals surface area contributed by atoms with E-state index in [9.17, 15) is 0 Å². The van der Waals surface area contributed by atoms with Gasteiger partial charge in [0, 0.05) is 19.2 Å². The van der Waals surface area contributed by atoms with Crippen molar-refractivity contribution in [1.29, 1.82) is 0 Å². The summed E-state index contributed by atoms with van der Waals surface area (Å²) in [5.41, 5.74) is 0.594. The number of rotatable bonds is 7. The van der Waals surface area contributed by atoms with Gasteiger partial charge in [0.15, 0.2) is 0 Å². The van der Waals surface area contributed by atoms with Crippen molar-refractivity contribution in [3.05, 3.63) is 0 Å².